The summed E-state index contributed by atoms with van der Waals surface area (Å²) in [4.78, 5) is 0. The van der Waals surface area contributed by atoms with Crippen molar-refractivity contribution in [2.75, 3.05) is 105 Å². The van der Waals surface area contributed by atoms with Crippen LogP contribution >= 0.6 is 0 Å². The van der Waals surface area contributed by atoms with Gasteiger partial charge in [-0.1, -0.05) is 214 Å². The van der Waals surface area contributed by atoms with E-state index in [0.717, 1.165) is 0 Å². The summed E-state index contributed by atoms with van der Waals surface area (Å²) in [6.07, 6.45) is 44.2. The third-order valence-electron chi connectivity index (χ3n) is 15.8. The molecule has 0 rings (SSSR count). The van der Waals surface area contributed by atoms with Crippen LogP contribution in [0.4, 0.5) is 0 Å². The predicted octanol–water partition coefficient (Wildman–Crippen LogP) is 16.9. The Balaban J connectivity index is -0.0000000134. The van der Waals surface area contributed by atoms with Crippen molar-refractivity contribution in [3.63, 3.8) is 0 Å². The fourth-order valence-electron chi connectivity index (χ4n) is 10.6. The van der Waals surface area contributed by atoms with Crippen molar-refractivity contribution in [3.05, 3.63) is 0 Å². The summed E-state index contributed by atoms with van der Waals surface area (Å²) < 4.78 is 5.68. The largest absolute Gasteiger partial charge is 2.00 e. The molecule has 0 fully saturated rings. The first kappa shape index (κ1) is 253. The molecule has 30 nitrogen and oxygen atoms in total. The molecule has 0 heterocycles. The van der Waals surface area contributed by atoms with Gasteiger partial charge in [-0.25, -0.2) is 0 Å². The van der Waals surface area contributed by atoms with Gasteiger partial charge in [0.25, 0.3) is 0 Å². The van der Waals surface area contributed by atoms with Crippen LogP contribution in [0.2, 0.25) is 0 Å². The number of rotatable bonds is 48. The molecule has 0 spiro atoms. The standard InChI is InChI=1S/4C16H36N.8Mo.26O/c4*1-5-9-13-17(14-10-6-2,15-11-7-3)16-12-8-4;;;;;;;;;;;;;;;;;;;;;;;;;;;;;;;;;;/h4*5-16H2,1-4H3;;;;;;;;;;;;;;;;;;;;;;;;;;;;;;;;;;/q4*+1;;;;;;;;;26*-2. The molecule has 0 amide bonds. The predicted molar refractivity (Wildman–Crippen MR) is 335 cm³/mol. The third-order valence-corrected chi connectivity index (χ3v) is 15.8. The van der Waals surface area contributed by atoms with E-state index in [1.807, 2.05) is 0 Å². The minimum Gasteiger partial charge on any atom is -2.00 e. The normalized spacial score (nSPS) is 8.00. The summed E-state index contributed by atoms with van der Waals surface area (Å²) in [5.41, 5.74) is 0. The monoisotopic (exact) mass is 2170 g/mol. The zero-order chi connectivity index (χ0) is 51.9. The molecule has 102 heavy (non-hydrogen) atoms. The summed E-state index contributed by atoms with van der Waals surface area (Å²) in [7, 11) is 0. The van der Waals surface area contributed by atoms with Gasteiger partial charge in [-0.15, -0.1) is 0 Å². The molecule has 0 aliphatic heterocycles. The Labute approximate surface area is 742 Å². The van der Waals surface area contributed by atoms with Gasteiger partial charge >= 0.3 is 0 Å². The quantitative estimate of drug-likeness (QED) is 0.0405. The van der Waals surface area contributed by atoms with Crippen LogP contribution in [0.3, 0.4) is 0 Å². The molecule has 0 bridgehead atoms. The molecule has 38 heteroatoms. The Kier molecular flexibility index (Phi) is 487. The van der Waals surface area contributed by atoms with Gasteiger partial charge in [0.1, 0.15) is 0 Å². The van der Waals surface area contributed by atoms with E-state index >= 15 is 0 Å². The van der Waals surface area contributed by atoms with Crippen molar-refractivity contribution >= 4 is 0 Å². The zero-order valence-electron chi connectivity index (χ0n) is 65.6. The second-order valence-electron chi connectivity index (χ2n) is 22.6. The van der Waals surface area contributed by atoms with E-state index in [1.54, 1.807) is 0 Å². The van der Waals surface area contributed by atoms with Crippen molar-refractivity contribution in [1.29, 1.82) is 0 Å². The van der Waals surface area contributed by atoms with E-state index in [0.29, 0.717) is 0 Å². The smallest absolute Gasteiger partial charge is 0.0786 e. The molecular formula is C64H144Mo8N4O26-48. The topological polar surface area (TPSA) is 741 Å². The number of unbranched alkanes of at least 4 members (excludes halogenated alkanes) is 16. The molecule has 0 aromatic heterocycles. The maximum absolute atomic E-state index is 2.33. The summed E-state index contributed by atoms with van der Waals surface area (Å²) in [6.45, 7) is 60.1. The van der Waals surface area contributed by atoms with Gasteiger partial charge in [0.2, 0.25) is 0 Å². The molecule has 0 aliphatic rings. The van der Waals surface area contributed by atoms with Crippen LogP contribution in [0.1, 0.15) is 316 Å². The van der Waals surface area contributed by atoms with Gasteiger partial charge in [-0.2, -0.15) is 0 Å². The van der Waals surface area contributed by atoms with Crippen LogP contribution in [-0.4, -0.2) is 123 Å². The fraction of sp³-hybridized carbons (Fsp3) is 1.00. The number of quaternary nitrogens is 4. The van der Waals surface area contributed by atoms with E-state index in [9.17, 15) is 0 Å². The first-order valence-corrected chi connectivity index (χ1v) is 32.4. The second kappa shape index (κ2) is 197. The van der Waals surface area contributed by atoms with Crippen LogP contribution in [-0.2, 0) is 311 Å². The Morgan fingerprint density at radius 1 is 0.0980 bits per heavy atom. The third kappa shape index (κ3) is 157. The van der Waals surface area contributed by atoms with Gasteiger partial charge in [-0.05, 0) is 103 Å². The van der Waals surface area contributed by atoms with Crippen molar-refractivity contribution < 1.29 is 329 Å². The minimum atomic E-state index is 0. The number of hydrogen-bond acceptors (Lipinski definition) is 0. The molecule has 0 radical (unpaired) electrons. The zero-order valence-corrected chi connectivity index (χ0v) is 81.7. The van der Waals surface area contributed by atoms with Crippen molar-refractivity contribution in [2.24, 2.45) is 0 Å². The Bertz CT molecular complexity index is 729. The van der Waals surface area contributed by atoms with Crippen molar-refractivity contribution in [3.8, 4) is 0 Å². The van der Waals surface area contributed by atoms with E-state index < -0.39 is 0 Å². The molecule has 0 aliphatic carbocycles. The molecule has 672 valence electrons. The number of hydrogen-bond donors (Lipinski definition) is 0. The molecule has 0 aromatic carbocycles. The van der Waals surface area contributed by atoms with Crippen molar-refractivity contribution in [1.82, 2.24) is 0 Å². The van der Waals surface area contributed by atoms with Gasteiger partial charge in [0.15, 0.2) is 0 Å². The van der Waals surface area contributed by atoms with E-state index in [-0.39, 0.29) is 311 Å². The molecule has 0 N–H and O–H groups in total. The van der Waals surface area contributed by atoms with E-state index in [1.165, 1.54) is 328 Å². The summed E-state index contributed by atoms with van der Waals surface area (Å²) in [5.74, 6) is 0. The van der Waals surface area contributed by atoms with E-state index in [2.05, 4.69) is 111 Å². The van der Waals surface area contributed by atoms with Gasteiger partial charge < -0.3 is 160 Å². The molecular weight excluding hydrogens is 2010 g/mol. The molecule has 0 atom stereocenters. The Hall–Kier alpha value is 4.31. The van der Waals surface area contributed by atoms with Crippen LogP contribution in [0, 0.1) is 0 Å². The summed E-state index contributed by atoms with van der Waals surface area (Å²) in [6, 6.07) is 0. The molecule has 0 saturated carbocycles. The molecule has 0 unspecified atom stereocenters. The Morgan fingerprint density at radius 2 is 0.137 bits per heavy atom. The average molecular weight is 2150 g/mol. The first-order valence-electron chi connectivity index (χ1n) is 32.4. The number of nitrogens with zero attached hydrogens (tertiary/aromatic N) is 4. The SMILES string of the molecule is CCCC[N+](CCCC)(CCCC)CCCC.CCCC[N+](CCCC)(CCCC)CCCC.CCCC[N+](CCCC)(CCCC)CCCC.CCCC[N+](CCCC)(CCCC)CCCC.[Mo].[Mo].[Mo].[Mo].[Mo].[Mo].[Mo].[Mo].[O-2].[O-2].[O-2].[O-2].[O-2].[O-2].[O-2].[O-2].[O-2].[O-2].[O-2].[O-2].[O-2].[O-2].[O-2].[O-2].[O-2].[O-2].[O-2].[O-2].[O-2].[O-2].[O-2].[O-2].[O-2].[O-2]. The van der Waals surface area contributed by atoms with E-state index in [4.69, 9.17) is 0 Å². The Morgan fingerprint density at radius 3 is 0.167 bits per heavy atom. The summed E-state index contributed by atoms with van der Waals surface area (Å²) >= 11 is 0. The second-order valence-corrected chi connectivity index (χ2v) is 22.6. The van der Waals surface area contributed by atoms with Crippen LogP contribution in [0.5, 0.6) is 0 Å². The van der Waals surface area contributed by atoms with Gasteiger partial charge in [0.05, 0.1) is 105 Å². The average Bonchev–Trinajstić information content (AvgIpc) is 3.37. The maximum atomic E-state index is 2.33. The van der Waals surface area contributed by atoms with Crippen LogP contribution < -0.4 is 0 Å². The van der Waals surface area contributed by atoms with Crippen LogP contribution in [0.25, 0.3) is 0 Å². The molecule has 0 saturated heterocycles. The summed E-state index contributed by atoms with van der Waals surface area (Å²) in [5, 5.41) is 0. The van der Waals surface area contributed by atoms with Crippen LogP contribution in [0.15, 0.2) is 0 Å². The van der Waals surface area contributed by atoms with Crippen molar-refractivity contribution in [2.45, 2.75) is 316 Å². The fourth-order valence-corrected chi connectivity index (χ4v) is 10.6. The first-order chi connectivity index (χ1) is 33.0. The maximum Gasteiger partial charge on any atom is 0.0786 e. The molecule has 0 aromatic rings. The van der Waals surface area contributed by atoms with Gasteiger partial charge in [0, 0.05) is 169 Å². The minimum absolute atomic E-state index is 0. The van der Waals surface area contributed by atoms with Gasteiger partial charge in [-0.3, -0.25) is 0 Å².